The minimum absolute atomic E-state index is 0.129. The van der Waals surface area contributed by atoms with Gasteiger partial charge in [-0.15, -0.1) is 0 Å². The van der Waals surface area contributed by atoms with E-state index in [1.54, 1.807) is 12.3 Å². The number of aromatic nitrogens is 1. The van der Waals surface area contributed by atoms with Crippen LogP contribution < -0.4 is 0 Å². The van der Waals surface area contributed by atoms with E-state index in [1.807, 2.05) is 34.9 Å². The van der Waals surface area contributed by atoms with E-state index in [1.165, 1.54) is 6.07 Å². The highest BCUT2D eigenvalue weighted by Gasteiger charge is 2.18. The Morgan fingerprint density at radius 3 is 2.56 bits per heavy atom. The number of benzene rings is 2. The number of nitrogens with zero attached hydrogens (tertiary/aromatic N) is 2. The molecule has 4 heteroatoms. The molecule has 0 amide bonds. The van der Waals surface area contributed by atoms with Gasteiger partial charge in [0, 0.05) is 17.7 Å². The van der Waals surface area contributed by atoms with Crippen LogP contribution in [0.4, 0.5) is 5.69 Å². The molecule has 0 radical (unpaired) electrons. The summed E-state index contributed by atoms with van der Waals surface area (Å²) in [5.41, 5.74) is 1.86. The van der Waals surface area contributed by atoms with Crippen molar-refractivity contribution in [3.05, 3.63) is 59.2 Å². The molecule has 1 heterocycles. The Morgan fingerprint density at radius 2 is 1.83 bits per heavy atom. The molecule has 3 aromatic rings. The predicted octanol–water partition coefficient (Wildman–Crippen LogP) is 3.80. The summed E-state index contributed by atoms with van der Waals surface area (Å²) < 4.78 is 1.87. The fourth-order valence-corrected chi connectivity index (χ4v) is 2.38. The third-order valence-electron chi connectivity index (χ3n) is 3.09. The summed E-state index contributed by atoms with van der Waals surface area (Å²) >= 11 is 0. The van der Waals surface area contributed by atoms with E-state index in [0.717, 1.165) is 16.4 Å². The van der Waals surface area contributed by atoms with Gasteiger partial charge in [-0.3, -0.25) is 10.1 Å². The second-order valence-electron chi connectivity index (χ2n) is 4.00. The lowest BCUT2D eigenvalue weighted by Crippen LogP contribution is -1.89. The van der Waals surface area contributed by atoms with Crippen molar-refractivity contribution in [1.82, 2.24) is 4.57 Å². The second-order valence-corrected chi connectivity index (χ2v) is 4.00. The largest absolute Gasteiger partial charge is 0.316 e. The van der Waals surface area contributed by atoms with Crippen molar-refractivity contribution in [3.63, 3.8) is 0 Å². The maximum atomic E-state index is 11.1. The molecule has 0 aliphatic rings. The first-order valence-corrected chi connectivity index (χ1v) is 5.52. The van der Waals surface area contributed by atoms with E-state index in [9.17, 15) is 10.1 Å². The third-order valence-corrected chi connectivity index (χ3v) is 3.09. The minimum atomic E-state index is -0.345. The Balaban J connectivity index is 2.65. The lowest BCUT2D eigenvalue weighted by atomic mass is 10.1. The van der Waals surface area contributed by atoms with Crippen LogP contribution in [0.25, 0.3) is 28.0 Å². The molecule has 4 nitrogen and oxygen atoms in total. The number of nitro benzene ring substituents is 1. The van der Waals surface area contributed by atoms with Crippen LogP contribution in [0.2, 0.25) is 0 Å². The van der Waals surface area contributed by atoms with Crippen molar-refractivity contribution in [2.45, 2.75) is 0 Å². The van der Waals surface area contributed by atoms with Gasteiger partial charge in [0.05, 0.1) is 21.3 Å². The average Bonchev–Trinajstić information content (AvgIpc) is 2.72. The summed E-state index contributed by atoms with van der Waals surface area (Å²) in [6.07, 6.45) is 1.67. The van der Waals surface area contributed by atoms with Crippen LogP contribution >= 0.6 is 0 Å². The van der Waals surface area contributed by atoms with E-state index in [4.69, 9.17) is 0 Å². The molecule has 3 rings (SSSR count). The second kappa shape index (κ2) is 3.70. The average molecular weight is 238 g/mol. The first-order chi connectivity index (χ1) is 8.74. The third kappa shape index (κ3) is 1.26. The van der Waals surface area contributed by atoms with Crippen molar-refractivity contribution in [3.8, 4) is 0 Å². The monoisotopic (exact) mass is 238 g/mol. The van der Waals surface area contributed by atoms with Gasteiger partial charge in [0.1, 0.15) is 0 Å². The van der Waals surface area contributed by atoms with E-state index >= 15 is 0 Å². The van der Waals surface area contributed by atoms with Crippen molar-refractivity contribution in [2.75, 3.05) is 0 Å². The lowest BCUT2D eigenvalue weighted by Gasteiger charge is -1.98. The Morgan fingerprint density at radius 1 is 1.11 bits per heavy atom. The first-order valence-electron chi connectivity index (χ1n) is 5.52. The fourth-order valence-electron chi connectivity index (χ4n) is 2.38. The normalized spacial score (nSPS) is 10.9. The molecule has 18 heavy (non-hydrogen) atoms. The molecule has 0 spiro atoms. The number of nitro groups is 1. The molecular formula is C14H10N2O2. The van der Waals surface area contributed by atoms with Crippen LogP contribution in [0.5, 0.6) is 0 Å². The van der Waals surface area contributed by atoms with Gasteiger partial charge < -0.3 is 4.57 Å². The molecule has 0 aliphatic heterocycles. The zero-order chi connectivity index (χ0) is 12.7. The van der Waals surface area contributed by atoms with Gasteiger partial charge in [0.15, 0.2) is 0 Å². The molecule has 0 fully saturated rings. The zero-order valence-electron chi connectivity index (χ0n) is 9.54. The van der Waals surface area contributed by atoms with Gasteiger partial charge in [-0.25, -0.2) is 0 Å². The summed E-state index contributed by atoms with van der Waals surface area (Å²) in [6.45, 7) is 3.77. The van der Waals surface area contributed by atoms with Crippen molar-refractivity contribution in [2.24, 2.45) is 0 Å². The predicted molar refractivity (Wildman–Crippen MR) is 72.5 cm³/mol. The molecule has 1 aromatic heterocycles. The van der Waals surface area contributed by atoms with Gasteiger partial charge in [-0.1, -0.05) is 30.8 Å². The maximum Gasteiger partial charge on any atom is 0.279 e. The number of para-hydroxylation sites is 1. The summed E-state index contributed by atoms with van der Waals surface area (Å²) in [4.78, 5) is 10.8. The number of fused-ring (bicyclic) bond motifs is 3. The molecule has 0 aliphatic carbocycles. The van der Waals surface area contributed by atoms with Crippen molar-refractivity contribution >= 4 is 33.7 Å². The van der Waals surface area contributed by atoms with Gasteiger partial charge in [-0.2, -0.15) is 0 Å². The standard InChI is InChI=1S/C14H10N2O2/c1-2-15-11-7-4-3-6-10(11)14-12(15)8-5-9-13(14)16(17)18/h2-9H,1H2. The summed E-state index contributed by atoms with van der Waals surface area (Å²) in [5, 5.41) is 12.7. The van der Waals surface area contributed by atoms with Gasteiger partial charge >= 0.3 is 0 Å². The van der Waals surface area contributed by atoms with Crippen LogP contribution in [0, 0.1) is 10.1 Å². The molecular weight excluding hydrogens is 228 g/mol. The lowest BCUT2D eigenvalue weighted by molar-refractivity contribution is -0.383. The molecule has 0 atom stereocenters. The highest BCUT2D eigenvalue weighted by atomic mass is 16.6. The quantitative estimate of drug-likeness (QED) is 0.503. The number of hydrogen-bond acceptors (Lipinski definition) is 2. The smallest absolute Gasteiger partial charge is 0.279 e. The molecule has 0 saturated heterocycles. The summed E-state index contributed by atoms with van der Waals surface area (Å²) in [5.74, 6) is 0. The maximum absolute atomic E-state index is 11.1. The van der Waals surface area contributed by atoms with Crippen LogP contribution in [0.1, 0.15) is 0 Å². The first kappa shape index (κ1) is 10.5. The summed E-state index contributed by atoms with van der Waals surface area (Å²) in [6, 6.07) is 12.7. The molecule has 88 valence electrons. The van der Waals surface area contributed by atoms with E-state index in [-0.39, 0.29) is 10.6 Å². The topological polar surface area (TPSA) is 48.1 Å². The van der Waals surface area contributed by atoms with Crippen molar-refractivity contribution < 1.29 is 4.92 Å². The molecule has 0 unspecified atom stereocenters. The van der Waals surface area contributed by atoms with Crippen LogP contribution in [-0.4, -0.2) is 9.49 Å². The Kier molecular flexibility index (Phi) is 2.16. The molecule has 0 saturated carbocycles. The van der Waals surface area contributed by atoms with E-state index in [0.29, 0.717) is 5.39 Å². The van der Waals surface area contributed by atoms with Gasteiger partial charge in [-0.05, 0) is 12.1 Å². The Hall–Kier alpha value is -2.62. The Bertz CT molecular complexity index is 787. The fraction of sp³-hybridized carbons (Fsp3) is 0. The highest BCUT2D eigenvalue weighted by Crippen LogP contribution is 2.35. The molecule has 0 bridgehead atoms. The van der Waals surface area contributed by atoms with Crippen molar-refractivity contribution in [1.29, 1.82) is 0 Å². The van der Waals surface area contributed by atoms with Crippen LogP contribution in [-0.2, 0) is 0 Å². The highest BCUT2D eigenvalue weighted by molar-refractivity contribution is 6.13. The Labute approximate surface area is 103 Å². The van der Waals surface area contributed by atoms with Crippen LogP contribution in [0.15, 0.2) is 49.0 Å². The van der Waals surface area contributed by atoms with E-state index < -0.39 is 0 Å². The number of non-ortho nitro benzene ring substituents is 1. The SMILES string of the molecule is C=Cn1c2ccccc2c2c([N+](=O)[O-])cccc21. The molecule has 2 aromatic carbocycles. The minimum Gasteiger partial charge on any atom is -0.316 e. The number of hydrogen-bond donors (Lipinski definition) is 0. The van der Waals surface area contributed by atoms with Gasteiger partial charge in [0.25, 0.3) is 5.69 Å². The zero-order valence-corrected chi connectivity index (χ0v) is 9.54. The molecule has 0 N–H and O–H groups in total. The summed E-state index contributed by atoms with van der Waals surface area (Å²) in [7, 11) is 0. The van der Waals surface area contributed by atoms with Gasteiger partial charge in [0.2, 0.25) is 0 Å². The number of rotatable bonds is 2. The van der Waals surface area contributed by atoms with E-state index in [2.05, 4.69) is 6.58 Å². The van der Waals surface area contributed by atoms with Crippen LogP contribution in [0.3, 0.4) is 0 Å².